The molecule has 5 nitrogen and oxygen atoms in total. The molecule has 130 valence electrons. The number of carboxylic acid groups (broad SMARTS) is 1. The lowest BCUT2D eigenvalue weighted by atomic mass is 9.97. The summed E-state index contributed by atoms with van der Waals surface area (Å²) in [5, 5.41) is 9.42. The Kier molecular flexibility index (Phi) is 5.33. The number of hydrogen-bond acceptors (Lipinski definition) is 3. The van der Waals surface area contributed by atoms with Gasteiger partial charge in [0.2, 0.25) is 0 Å². The van der Waals surface area contributed by atoms with E-state index in [9.17, 15) is 14.7 Å². The molecule has 0 unspecified atom stereocenters. The summed E-state index contributed by atoms with van der Waals surface area (Å²) in [5.41, 5.74) is 2.03. The molecule has 3 rings (SSSR count). The fraction of sp³-hybridized carbons (Fsp3) is 0.300. The van der Waals surface area contributed by atoms with Gasteiger partial charge in [-0.25, -0.2) is 9.59 Å². The lowest BCUT2D eigenvalue weighted by Crippen LogP contribution is -2.40. The van der Waals surface area contributed by atoms with E-state index in [1.54, 1.807) is 0 Å². The van der Waals surface area contributed by atoms with Gasteiger partial charge in [0.05, 0.1) is 0 Å². The zero-order valence-corrected chi connectivity index (χ0v) is 13.9. The van der Waals surface area contributed by atoms with Crippen LogP contribution in [-0.4, -0.2) is 34.7 Å². The van der Waals surface area contributed by atoms with E-state index in [1.807, 2.05) is 60.7 Å². The van der Waals surface area contributed by atoms with E-state index < -0.39 is 18.1 Å². The third-order valence-electron chi connectivity index (χ3n) is 4.50. The van der Waals surface area contributed by atoms with Gasteiger partial charge in [0.15, 0.2) is 0 Å². The molecule has 2 aromatic carbocycles. The molecule has 1 saturated heterocycles. The molecule has 1 aliphatic heterocycles. The minimum atomic E-state index is -1.07. The van der Waals surface area contributed by atoms with Crippen LogP contribution in [0.3, 0.4) is 0 Å². The second-order valence-electron chi connectivity index (χ2n) is 6.34. The van der Waals surface area contributed by atoms with Crippen LogP contribution in [0.5, 0.6) is 0 Å². The third-order valence-corrected chi connectivity index (χ3v) is 4.50. The molecule has 0 aromatic heterocycles. The Balaban J connectivity index is 1.62. The van der Waals surface area contributed by atoms with Crippen molar-refractivity contribution in [1.29, 1.82) is 0 Å². The number of nitrogens with zero attached hydrogens (tertiary/aromatic N) is 1. The highest BCUT2D eigenvalue weighted by atomic mass is 16.5. The van der Waals surface area contributed by atoms with Crippen molar-refractivity contribution in [3.8, 4) is 0 Å². The quantitative estimate of drug-likeness (QED) is 0.849. The molecule has 0 radical (unpaired) electrons. The summed E-state index contributed by atoms with van der Waals surface area (Å²) in [5.74, 6) is -0.352. The number of amides is 1. The Morgan fingerprint density at radius 1 is 1.00 bits per heavy atom. The molecule has 2 aromatic rings. The number of benzene rings is 2. The predicted molar refractivity (Wildman–Crippen MR) is 93.0 cm³/mol. The summed E-state index contributed by atoms with van der Waals surface area (Å²) >= 11 is 0. The van der Waals surface area contributed by atoms with Gasteiger partial charge >= 0.3 is 12.1 Å². The molecule has 1 aliphatic rings. The van der Waals surface area contributed by atoms with E-state index >= 15 is 0 Å². The number of carbonyl (C=O) groups is 2. The van der Waals surface area contributed by atoms with Gasteiger partial charge in [-0.1, -0.05) is 60.7 Å². The van der Waals surface area contributed by atoms with Crippen molar-refractivity contribution in [2.24, 2.45) is 5.92 Å². The Hall–Kier alpha value is -2.82. The number of hydrogen-bond donors (Lipinski definition) is 1. The van der Waals surface area contributed by atoms with Crippen LogP contribution < -0.4 is 0 Å². The molecule has 0 spiro atoms. The molecule has 0 aliphatic carbocycles. The number of likely N-dealkylation sites (tertiary alicyclic amines) is 1. The standard InChI is InChI=1S/C20H21NO4/c22-19(25-14-16-9-5-2-6-10-16)18-12-17(13-21(18)20(23)24)11-15-7-3-1-4-8-15/h1-10,17-18H,11-14H2,(H,23,24)/t17-,18+/m0/s1. The van der Waals surface area contributed by atoms with Crippen LogP contribution in [0.4, 0.5) is 4.79 Å². The van der Waals surface area contributed by atoms with Crippen LogP contribution in [0.2, 0.25) is 0 Å². The van der Waals surface area contributed by atoms with Crippen LogP contribution in [0.25, 0.3) is 0 Å². The SMILES string of the molecule is O=C(OCc1ccccc1)[C@H]1C[C@H](Cc2ccccc2)CN1C(=O)O. The highest BCUT2D eigenvalue weighted by Crippen LogP contribution is 2.27. The van der Waals surface area contributed by atoms with E-state index in [4.69, 9.17) is 4.74 Å². The minimum Gasteiger partial charge on any atom is -0.465 e. The Labute approximate surface area is 146 Å². The average molecular weight is 339 g/mol. The Morgan fingerprint density at radius 3 is 2.20 bits per heavy atom. The van der Waals surface area contributed by atoms with Crippen molar-refractivity contribution in [3.05, 3.63) is 71.8 Å². The van der Waals surface area contributed by atoms with Gasteiger partial charge in [0.1, 0.15) is 12.6 Å². The number of esters is 1. The first-order valence-electron chi connectivity index (χ1n) is 8.37. The van der Waals surface area contributed by atoms with Crippen LogP contribution >= 0.6 is 0 Å². The number of carbonyl (C=O) groups excluding carboxylic acids is 1. The first-order valence-corrected chi connectivity index (χ1v) is 8.37. The van der Waals surface area contributed by atoms with Crippen LogP contribution in [0, 0.1) is 5.92 Å². The van der Waals surface area contributed by atoms with Gasteiger partial charge in [-0.2, -0.15) is 0 Å². The summed E-state index contributed by atoms with van der Waals surface area (Å²) in [6, 6.07) is 18.6. The van der Waals surface area contributed by atoms with Gasteiger partial charge in [0, 0.05) is 6.54 Å². The monoisotopic (exact) mass is 339 g/mol. The second kappa shape index (κ2) is 7.83. The largest absolute Gasteiger partial charge is 0.465 e. The van der Waals surface area contributed by atoms with E-state index in [0.717, 1.165) is 17.5 Å². The third kappa shape index (κ3) is 4.38. The summed E-state index contributed by atoms with van der Waals surface area (Å²) in [4.78, 5) is 25.1. The van der Waals surface area contributed by atoms with Gasteiger partial charge in [-0.3, -0.25) is 4.90 Å². The average Bonchev–Trinajstić information content (AvgIpc) is 3.06. The van der Waals surface area contributed by atoms with Crippen molar-refractivity contribution in [2.75, 3.05) is 6.54 Å². The number of ether oxygens (including phenoxy) is 1. The topological polar surface area (TPSA) is 66.8 Å². The van der Waals surface area contributed by atoms with Crippen LogP contribution in [0.1, 0.15) is 17.5 Å². The molecule has 2 atom stereocenters. The van der Waals surface area contributed by atoms with Gasteiger partial charge in [-0.05, 0) is 29.9 Å². The van der Waals surface area contributed by atoms with E-state index in [-0.39, 0.29) is 12.5 Å². The zero-order valence-electron chi connectivity index (χ0n) is 13.9. The molecule has 0 bridgehead atoms. The molecule has 25 heavy (non-hydrogen) atoms. The van der Waals surface area contributed by atoms with E-state index in [0.29, 0.717) is 13.0 Å². The maximum absolute atomic E-state index is 12.4. The van der Waals surface area contributed by atoms with Gasteiger partial charge < -0.3 is 9.84 Å². The van der Waals surface area contributed by atoms with Gasteiger partial charge in [0.25, 0.3) is 0 Å². The van der Waals surface area contributed by atoms with Crippen LogP contribution in [-0.2, 0) is 22.6 Å². The molecule has 5 heteroatoms. The highest BCUT2D eigenvalue weighted by Gasteiger charge is 2.40. The zero-order chi connectivity index (χ0) is 17.6. The smallest absolute Gasteiger partial charge is 0.408 e. The number of rotatable bonds is 5. The highest BCUT2D eigenvalue weighted by molar-refractivity contribution is 5.81. The van der Waals surface area contributed by atoms with Crippen molar-refractivity contribution in [2.45, 2.75) is 25.5 Å². The lowest BCUT2D eigenvalue weighted by molar-refractivity contribution is -0.149. The molecule has 1 N–H and O–H groups in total. The predicted octanol–water partition coefficient (Wildman–Crippen LogP) is 3.34. The molecule has 0 saturated carbocycles. The summed E-state index contributed by atoms with van der Waals surface area (Å²) in [6.45, 7) is 0.516. The fourth-order valence-electron chi connectivity index (χ4n) is 3.28. The normalized spacial score (nSPS) is 19.6. The maximum Gasteiger partial charge on any atom is 0.408 e. The second-order valence-corrected chi connectivity index (χ2v) is 6.34. The molecule has 1 amide bonds. The first kappa shape index (κ1) is 17.0. The molecular formula is C20H21NO4. The summed E-state index contributed by atoms with van der Waals surface area (Å²) in [6.07, 6.45) is 0.180. The first-order chi connectivity index (χ1) is 12.1. The van der Waals surface area contributed by atoms with Crippen molar-refractivity contribution in [3.63, 3.8) is 0 Å². The Morgan fingerprint density at radius 2 is 1.60 bits per heavy atom. The molecule has 1 fully saturated rings. The van der Waals surface area contributed by atoms with Crippen LogP contribution in [0.15, 0.2) is 60.7 Å². The Bertz CT molecular complexity index is 717. The van der Waals surface area contributed by atoms with Crippen molar-refractivity contribution < 1.29 is 19.4 Å². The summed E-state index contributed by atoms with van der Waals surface area (Å²) in [7, 11) is 0. The van der Waals surface area contributed by atoms with Crippen molar-refractivity contribution >= 4 is 12.1 Å². The minimum absolute atomic E-state index is 0.118. The summed E-state index contributed by atoms with van der Waals surface area (Å²) < 4.78 is 5.35. The molecule has 1 heterocycles. The lowest BCUT2D eigenvalue weighted by Gasteiger charge is -2.19. The van der Waals surface area contributed by atoms with Gasteiger partial charge in [-0.15, -0.1) is 0 Å². The van der Waals surface area contributed by atoms with E-state index in [2.05, 4.69) is 0 Å². The maximum atomic E-state index is 12.4. The molecular weight excluding hydrogens is 318 g/mol. The van der Waals surface area contributed by atoms with Crippen molar-refractivity contribution in [1.82, 2.24) is 4.90 Å². The fourth-order valence-corrected chi connectivity index (χ4v) is 3.28. The van der Waals surface area contributed by atoms with E-state index in [1.165, 1.54) is 4.90 Å².